The normalized spacial score (nSPS) is 10.2. The van der Waals surface area contributed by atoms with Gasteiger partial charge in [0.1, 0.15) is 0 Å². The van der Waals surface area contributed by atoms with E-state index in [1.54, 1.807) is 0 Å². The second-order valence-electron chi connectivity index (χ2n) is 3.51. The Morgan fingerprint density at radius 1 is 1.18 bits per heavy atom. The molecule has 3 heteroatoms. The minimum atomic E-state index is 0.785. The van der Waals surface area contributed by atoms with Gasteiger partial charge >= 0.3 is 0 Å². The standard InChI is InChI=1S/C14H20OS2/c1-3-13(2)15-9-10-16-11-12-17-14-7-5-4-6-8-14/h4-8H,2-3,9-12H2,1H3. The van der Waals surface area contributed by atoms with Crippen LogP contribution in [0.25, 0.3) is 0 Å². The van der Waals surface area contributed by atoms with Crippen LogP contribution < -0.4 is 0 Å². The van der Waals surface area contributed by atoms with Crippen LogP contribution in [0, 0.1) is 0 Å². The van der Waals surface area contributed by atoms with Crippen LogP contribution in [0.2, 0.25) is 0 Å². The highest BCUT2D eigenvalue weighted by molar-refractivity contribution is 8.02. The van der Waals surface area contributed by atoms with E-state index in [0.29, 0.717) is 0 Å². The van der Waals surface area contributed by atoms with E-state index in [1.165, 1.54) is 10.6 Å². The van der Waals surface area contributed by atoms with Gasteiger partial charge in [0, 0.05) is 28.6 Å². The summed E-state index contributed by atoms with van der Waals surface area (Å²) in [5.74, 6) is 4.27. The minimum Gasteiger partial charge on any atom is -0.498 e. The molecule has 94 valence electrons. The molecule has 0 aliphatic carbocycles. The summed E-state index contributed by atoms with van der Waals surface area (Å²) in [5, 5.41) is 0. The predicted octanol–water partition coefficient (Wildman–Crippen LogP) is 4.45. The lowest BCUT2D eigenvalue weighted by Crippen LogP contribution is -1.97. The molecule has 0 aromatic heterocycles. The zero-order valence-corrected chi connectivity index (χ0v) is 12.0. The Morgan fingerprint density at radius 3 is 2.65 bits per heavy atom. The molecular weight excluding hydrogens is 248 g/mol. The van der Waals surface area contributed by atoms with Crippen LogP contribution in [-0.4, -0.2) is 23.9 Å². The molecule has 17 heavy (non-hydrogen) atoms. The van der Waals surface area contributed by atoms with Crippen LogP contribution in [0.15, 0.2) is 47.6 Å². The van der Waals surface area contributed by atoms with Crippen molar-refractivity contribution in [1.82, 2.24) is 0 Å². The van der Waals surface area contributed by atoms with Gasteiger partial charge in [-0.3, -0.25) is 0 Å². The molecule has 0 saturated heterocycles. The molecule has 0 fully saturated rings. The second kappa shape index (κ2) is 9.49. The van der Waals surface area contributed by atoms with E-state index < -0.39 is 0 Å². The van der Waals surface area contributed by atoms with Crippen molar-refractivity contribution in [3.05, 3.63) is 42.7 Å². The number of hydrogen-bond donors (Lipinski definition) is 0. The van der Waals surface area contributed by atoms with Gasteiger partial charge in [-0.1, -0.05) is 31.7 Å². The highest BCUT2D eigenvalue weighted by Gasteiger charge is 1.95. The zero-order chi connectivity index (χ0) is 12.3. The Hall–Kier alpha value is -0.540. The molecule has 1 aromatic rings. The van der Waals surface area contributed by atoms with Gasteiger partial charge in [0.25, 0.3) is 0 Å². The fraction of sp³-hybridized carbons (Fsp3) is 0.429. The second-order valence-corrected chi connectivity index (χ2v) is 5.91. The zero-order valence-electron chi connectivity index (χ0n) is 10.4. The van der Waals surface area contributed by atoms with E-state index in [9.17, 15) is 0 Å². The van der Waals surface area contributed by atoms with E-state index in [1.807, 2.05) is 23.5 Å². The van der Waals surface area contributed by atoms with Crippen LogP contribution in [0.3, 0.4) is 0 Å². The maximum absolute atomic E-state index is 5.43. The topological polar surface area (TPSA) is 9.23 Å². The Labute approximate surface area is 113 Å². The molecule has 0 heterocycles. The highest BCUT2D eigenvalue weighted by Crippen LogP contribution is 2.18. The Kier molecular flexibility index (Phi) is 8.10. The van der Waals surface area contributed by atoms with Gasteiger partial charge in [-0.05, 0) is 12.1 Å². The number of benzene rings is 1. The van der Waals surface area contributed by atoms with E-state index in [-0.39, 0.29) is 0 Å². The molecular formula is C14H20OS2. The molecule has 0 aliphatic heterocycles. The summed E-state index contributed by atoms with van der Waals surface area (Å²) in [6.45, 7) is 6.66. The summed E-state index contributed by atoms with van der Waals surface area (Å²) in [7, 11) is 0. The van der Waals surface area contributed by atoms with E-state index in [2.05, 4.69) is 43.8 Å². The SMILES string of the molecule is C=C(CC)OCCSCCSc1ccccc1. The summed E-state index contributed by atoms with van der Waals surface area (Å²) >= 11 is 3.85. The highest BCUT2D eigenvalue weighted by atomic mass is 32.2. The van der Waals surface area contributed by atoms with Crippen molar-refractivity contribution in [3.8, 4) is 0 Å². The van der Waals surface area contributed by atoms with Crippen molar-refractivity contribution < 1.29 is 4.74 Å². The molecule has 0 amide bonds. The Morgan fingerprint density at radius 2 is 1.94 bits per heavy atom. The third-order valence-corrected chi connectivity index (χ3v) is 4.39. The van der Waals surface area contributed by atoms with Gasteiger partial charge in [0.05, 0.1) is 12.4 Å². The number of hydrogen-bond acceptors (Lipinski definition) is 3. The van der Waals surface area contributed by atoms with Crippen molar-refractivity contribution in [1.29, 1.82) is 0 Å². The molecule has 1 nitrogen and oxygen atoms in total. The molecule has 0 atom stereocenters. The lowest BCUT2D eigenvalue weighted by molar-refractivity contribution is 0.226. The fourth-order valence-electron chi connectivity index (χ4n) is 1.18. The molecule has 0 N–H and O–H groups in total. The summed E-state index contributed by atoms with van der Waals surface area (Å²) < 4.78 is 5.43. The van der Waals surface area contributed by atoms with Gasteiger partial charge < -0.3 is 4.74 Å². The quantitative estimate of drug-likeness (QED) is 0.372. The summed E-state index contributed by atoms with van der Waals surface area (Å²) in [5.41, 5.74) is 0. The van der Waals surface area contributed by atoms with Crippen LogP contribution in [0.5, 0.6) is 0 Å². The monoisotopic (exact) mass is 268 g/mol. The van der Waals surface area contributed by atoms with Crippen molar-refractivity contribution in [2.75, 3.05) is 23.9 Å². The van der Waals surface area contributed by atoms with Gasteiger partial charge in [0.15, 0.2) is 0 Å². The van der Waals surface area contributed by atoms with Crippen molar-refractivity contribution in [2.24, 2.45) is 0 Å². The molecule has 0 saturated carbocycles. The van der Waals surface area contributed by atoms with Crippen molar-refractivity contribution in [2.45, 2.75) is 18.2 Å². The van der Waals surface area contributed by atoms with E-state index >= 15 is 0 Å². The Balaban J connectivity index is 1.93. The van der Waals surface area contributed by atoms with E-state index in [4.69, 9.17) is 4.74 Å². The van der Waals surface area contributed by atoms with Gasteiger partial charge in [-0.25, -0.2) is 0 Å². The maximum atomic E-state index is 5.43. The Bertz CT molecular complexity index is 311. The number of thioether (sulfide) groups is 2. The first-order valence-electron chi connectivity index (χ1n) is 5.89. The molecule has 0 unspecified atom stereocenters. The minimum absolute atomic E-state index is 0.785. The lowest BCUT2D eigenvalue weighted by Gasteiger charge is -2.06. The smallest absolute Gasteiger partial charge is 0.0967 e. The van der Waals surface area contributed by atoms with Crippen LogP contribution >= 0.6 is 23.5 Å². The average Bonchev–Trinajstić information content (AvgIpc) is 2.38. The van der Waals surface area contributed by atoms with Gasteiger partial charge in [0.2, 0.25) is 0 Å². The largest absolute Gasteiger partial charge is 0.498 e. The summed E-state index contributed by atoms with van der Waals surface area (Å²) in [6.07, 6.45) is 0.911. The molecule has 0 aliphatic rings. The maximum Gasteiger partial charge on any atom is 0.0967 e. The molecule has 0 radical (unpaired) electrons. The van der Waals surface area contributed by atoms with Crippen LogP contribution in [-0.2, 0) is 4.74 Å². The summed E-state index contributed by atoms with van der Waals surface area (Å²) in [6, 6.07) is 10.5. The van der Waals surface area contributed by atoms with Crippen LogP contribution in [0.4, 0.5) is 0 Å². The lowest BCUT2D eigenvalue weighted by atomic mass is 10.4. The molecule has 0 spiro atoms. The van der Waals surface area contributed by atoms with Crippen molar-refractivity contribution >= 4 is 23.5 Å². The molecule has 0 bridgehead atoms. The number of rotatable bonds is 9. The van der Waals surface area contributed by atoms with Crippen molar-refractivity contribution in [3.63, 3.8) is 0 Å². The number of allylic oxidation sites excluding steroid dienone is 1. The third kappa shape index (κ3) is 7.40. The van der Waals surface area contributed by atoms with E-state index in [0.717, 1.165) is 30.3 Å². The number of ether oxygens (including phenoxy) is 1. The predicted molar refractivity (Wildman–Crippen MR) is 79.9 cm³/mol. The van der Waals surface area contributed by atoms with Crippen LogP contribution in [0.1, 0.15) is 13.3 Å². The van der Waals surface area contributed by atoms with Gasteiger partial charge in [-0.2, -0.15) is 11.8 Å². The van der Waals surface area contributed by atoms with Gasteiger partial charge in [-0.15, -0.1) is 11.8 Å². The molecule has 1 aromatic carbocycles. The first-order valence-corrected chi connectivity index (χ1v) is 8.03. The fourth-order valence-corrected chi connectivity index (χ4v) is 2.98. The molecule has 1 rings (SSSR count). The first-order chi connectivity index (χ1) is 8.33. The average molecular weight is 268 g/mol. The first kappa shape index (κ1) is 14.5. The third-order valence-electron chi connectivity index (χ3n) is 2.17. The summed E-state index contributed by atoms with van der Waals surface area (Å²) in [4.78, 5) is 1.35.